The van der Waals surface area contributed by atoms with Crippen molar-refractivity contribution in [1.82, 2.24) is 14.5 Å². The molecule has 1 saturated heterocycles. The van der Waals surface area contributed by atoms with Crippen molar-refractivity contribution in [1.29, 1.82) is 5.26 Å². The van der Waals surface area contributed by atoms with Crippen LogP contribution in [-0.2, 0) is 11.3 Å². The number of hydrogen-bond donors (Lipinski definition) is 1. The molecular formula is C25H25N5O3. The Balaban J connectivity index is 2.03. The molecule has 0 radical (unpaired) electrons. The van der Waals surface area contributed by atoms with Crippen LogP contribution >= 0.6 is 0 Å². The Morgan fingerprint density at radius 3 is 2.42 bits per heavy atom. The number of carbonyl (C=O) groups excluding carboxylic acids is 1. The predicted molar refractivity (Wildman–Crippen MR) is 128 cm³/mol. The molecule has 1 aliphatic heterocycles. The van der Waals surface area contributed by atoms with Crippen LogP contribution in [0.15, 0.2) is 66.5 Å². The first kappa shape index (κ1) is 23.3. The Morgan fingerprint density at radius 2 is 1.85 bits per heavy atom. The first-order valence-electron chi connectivity index (χ1n) is 10.4. The van der Waals surface area contributed by atoms with E-state index in [-0.39, 0.29) is 17.9 Å². The third-order valence-electron chi connectivity index (χ3n) is 5.45. The van der Waals surface area contributed by atoms with Crippen molar-refractivity contribution in [2.24, 2.45) is 0 Å². The van der Waals surface area contributed by atoms with E-state index in [1.54, 1.807) is 36.7 Å². The highest BCUT2D eigenvalue weighted by atomic mass is 16.3. The predicted octanol–water partition coefficient (Wildman–Crippen LogP) is 0.817. The third kappa shape index (κ3) is 4.77. The number of carbonyl (C=O) groups is 1. The van der Waals surface area contributed by atoms with Crippen LogP contribution in [0.5, 0.6) is 0 Å². The lowest BCUT2D eigenvalue weighted by atomic mass is 10.1. The quantitative estimate of drug-likeness (QED) is 0.403. The number of rotatable bonds is 6. The molecule has 2 aromatic rings. The minimum atomic E-state index is -0.487. The molecule has 0 aromatic carbocycles. The van der Waals surface area contributed by atoms with E-state index in [4.69, 9.17) is 0 Å². The minimum absolute atomic E-state index is 0.0127. The summed E-state index contributed by atoms with van der Waals surface area (Å²) in [6.45, 7) is 13.0. The summed E-state index contributed by atoms with van der Waals surface area (Å²) in [5.41, 5.74) is 0.924. The van der Waals surface area contributed by atoms with Crippen molar-refractivity contribution < 1.29 is 9.90 Å². The number of aromatic nitrogens is 2. The monoisotopic (exact) mass is 443 g/mol. The van der Waals surface area contributed by atoms with Crippen molar-refractivity contribution in [3.8, 4) is 6.07 Å². The Morgan fingerprint density at radius 1 is 1.18 bits per heavy atom. The Labute approximate surface area is 191 Å². The summed E-state index contributed by atoms with van der Waals surface area (Å²) in [7, 11) is 0. The van der Waals surface area contributed by atoms with Crippen LogP contribution in [0.2, 0.25) is 0 Å². The molecule has 8 heteroatoms. The van der Waals surface area contributed by atoms with Gasteiger partial charge in [0.15, 0.2) is 5.76 Å². The largest absolute Gasteiger partial charge is 0.503 e. The number of pyridine rings is 2. The summed E-state index contributed by atoms with van der Waals surface area (Å²) < 4.78 is 1.48. The van der Waals surface area contributed by atoms with E-state index in [2.05, 4.69) is 30.8 Å². The molecule has 3 heterocycles. The molecule has 0 aliphatic carbocycles. The highest BCUT2D eigenvalue weighted by Crippen LogP contribution is 2.15. The third-order valence-corrected chi connectivity index (χ3v) is 5.45. The molecule has 2 aromatic heterocycles. The van der Waals surface area contributed by atoms with Gasteiger partial charge in [-0.15, -0.1) is 0 Å². The van der Waals surface area contributed by atoms with E-state index in [9.17, 15) is 20.0 Å². The number of aliphatic hydroxyl groups excluding tert-OH is 1. The smallest absolute Gasteiger partial charge is 0.288 e. The second kappa shape index (κ2) is 10.3. The topological polar surface area (TPSA) is 102 Å². The molecule has 0 unspecified atom stereocenters. The number of piperazine rings is 1. The fourth-order valence-electron chi connectivity index (χ4n) is 3.81. The lowest BCUT2D eigenvalue weighted by Crippen LogP contribution is -2.53. The van der Waals surface area contributed by atoms with Gasteiger partial charge in [0.1, 0.15) is 11.6 Å². The second-order valence-corrected chi connectivity index (χ2v) is 7.41. The molecule has 33 heavy (non-hydrogen) atoms. The molecule has 3 rings (SSSR count). The molecule has 168 valence electrons. The summed E-state index contributed by atoms with van der Waals surface area (Å²) in [4.78, 5) is 33.0. The highest BCUT2D eigenvalue weighted by Gasteiger charge is 2.26. The average molecular weight is 444 g/mol. The van der Waals surface area contributed by atoms with E-state index in [1.807, 2.05) is 4.90 Å². The molecule has 0 atom stereocenters. The van der Waals surface area contributed by atoms with Crippen molar-refractivity contribution >= 4 is 24.2 Å². The zero-order valence-electron chi connectivity index (χ0n) is 18.3. The lowest BCUT2D eigenvalue weighted by Gasteiger charge is -2.36. The van der Waals surface area contributed by atoms with Gasteiger partial charge in [-0.05, 0) is 23.8 Å². The number of allylic oxidation sites excluding steroid dienone is 3. The molecule has 0 spiro atoms. The molecule has 1 amide bonds. The summed E-state index contributed by atoms with van der Waals surface area (Å²) in [5, 5.41) is 20.8. The zero-order chi connectivity index (χ0) is 24.0. The van der Waals surface area contributed by atoms with Gasteiger partial charge in [0, 0.05) is 49.1 Å². The van der Waals surface area contributed by atoms with E-state index < -0.39 is 11.5 Å². The first-order chi connectivity index (χ1) is 15.9. The summed E-state index contributed by atoms with van der Waals surface area (Å²) in [6.07, 6.45) is 9.20. The van der Waals surface area contributed by atoms with Crippen LogP contribution in [0, 0.1) is 11.3 Å². The van der Waals surface area contributed by atoms with Gasteiger partial charge in [-0.3, -0.25) is 14.6 Å². The number of hydrogen-bond acceptors (Lipinski definition) is 6. The van der Waals surface area contributed by atoms with Crippen LogP contribution in [0.25, 0.3) is 12.7 Å². The van der Waals surface area contributed by atoms with Crippen molar-refractivity contribution in [3.63, 3.8) is 0 Å². The van der Waals surface area contributed by atoms with Gasteiger partial charge in [0.2, 0.25) is 0 Å². The minimum Gasteiger partial charge on any atom is -0.503 e. The van der Waals surface area contributed by atoms with Crippen molar-refractivity contribution in [2.75, 3.05) is 31.1 Å². The fourth-order valence-corrected chi connectivity index (χ4v) is 3.81. The molecular weight excluding hydrogens is 418 g/mol. The number of nitriles is 1. The van der Waals surface area contributed by atoms with Gasteiger partial charge in [-0.2, -0.15) is 5.26 Å². The second-order valence-electron chi connectivity index (χ2n) is 7.41. The average Bonchev–Trinajstić information content (AvgIpc) is 2.84. The molecule has 1 fully saturated rings. The number of aliphatic hydroxyl groups is 1. The molecule has 1 aliphatic rings. The standard InChI is InChI=1S/C25H25N5O3/c1-4-6-20-18(3)30(17-19-8-10-27-11-9-19)24(32)21(16-26)23(20)28-12-14-29(15-13-28)25(33)22(31)7-5-2/h4-11,31H,1-3,12-15,17H2/b20-6+,22-7-. The first-order valence-corrected chi connectivity index (χ1v) is 10.4. The van der Waals surface area contributed by atoms with E-state index >= 15 is 0 Å². The van der Waals surface area contributed by atoms with Crippen LogP contribution in [0.1, 0.15) is 11.1 Å². The van der Waals surface area contributed by atoms with Gasteiger partial charge >= 0.3 is 0 Å². The molecule has 8 nitrogen and oxygen atoms in total. The molecule has 1 N–H and O–H groups in total. The molecule has 0 bridgehead atoms. The zero-order valence-corrected chi connectivity index (χ0v) is 18.3. The van der Waals surface area contributed by atoms with Crippen LogP contribution < -0.4 is 21.0 Å². The van der Waals surface area contributed by atoms with Crippen molar-refractivity contribution in [3.05, 3.63) is 93.7 Å². The number of amides is 1. The van der Waals surface area contributed by atoms with Crippen LogP contribution in [0.4, 0.5) is 5.69 Å². The number of nitrogens with zero attached hydrogens (tertiary/aromatic N) is 5. The SMILES string of the molecule is C=C/C=C(\O)C(=O)N1CCN(c2c(C#N)c(=O)n(Cc3ccncc3)c(=C)/c2=C\C=C)CC1. The van der Waals surface area contributed by atoms with Crippen LogP contribution in [0.3, 0.4) is 0 Å². The maximum atomic E-state index is 13.3. The van der Waals surface area contributed by atoms with Gasteiger partial charge in [0.05, 0.1) is 12.2 Å². The van der Waals surface area contributed by atoms with E-state index in [0.717, 1.165) is 5.56 Å². The summed E-state index contributed by atoms with van der Waals surface area (Å²) in [5.74, 6) is -0.867. The van der Waals surface area contributed by atoms with Gasteiger partial charge in [-0.25, -0.2) is 0 Å². The maximum absolute atomic E-state index is 13.3. The normalized spacial score (nSPS) is 14.6. The van der Waals surface area contributed by atoms with Gasteiger partial charge in [-0.1, -0.05) is 38.0 Å². The van der Waals surface area contributed by atoms with Gasteiger partial charge in [0.25, 0.3) is 11.5 Å². The van der Waals surface area contributed by atoms with E-state index in [1.165, 1.54) is 21.6 Å². The number of anilines is 1. The fraction of sp³-hybridized carbons (Fsp3) is 0.200. The molecule has 0 saturated carbocycles. The lowest BCUT2D eigenvalue weighted by molar-refractivity contribution is -0.130. The Kier molecular flexibility index (Phi) is 7.26. The Bertz CT molecular complexity index is 1310. The van der Waals surface area contributed by atoms with Gasteiger partial charge < -0.3 is 19.5 Å². The van der Waals surface area contributed by atoms with Crippen molar-refractivity contribution in [2.45, 2.75) is 6.54 Å². The highest BCUT2D eigenvalue weighted by molar-refractivity contribution is 5.91. The summed E-state index contributed by atoms with van der Waals surface area (Å²) in [6, 6.07) is 5.67. The van der Waals surface area contributed by atoms with E-state index in [0.29, 0.717) is 42.4 Å². The summed E-state index contributed by atoms with van der Waals surface area (Å²) >= 11 is 0. The maximum Gasteiger partial charge on any atom is 0.288 e. The Hall–Kier alpha value is -4.38. The van der Waals surface area contributed by atoms with Crippen LogP contribution in [-0.4, -0.2) is 51.6 Å².